The molecular formula is C14H21NO3. The van der Waals surface area contributed by atoms with Crippen LogP contribution in [0.1, 0.15) is 46.5 Å². The predicted octanol–water partition coefficient (Wildman–Crippen LogP) is 2.88. The number of nitrogens with zero attached hydrogens (tertiary/aromatic N) is 1. The van der Waals surface area contributed by atoms with Crippen molar-refractivity contribution in [3.05, 3.63) is 12.2 Å². The van der Waals surface area contributed by atoms with Crippen molar-refractivity contribution in [2.24, 2.45) is 5.41 Å². The molecule has 1 aliphatic heterocycles. The summed E-state index contributed by atoms with van der Waals surface area (Å²) in [7, 11) is 0. The molecule has 0 aromatic heterocycles. The van der Waals surface area contributed by atoms with Crippen LogP contribution in [0, 0.1) is 5.41 Å². The van der Waals surface area contributed by atoms with Crippen molar-refractivity contribution in [3.63, 3.8) is 0 Å². The molecule has 0 saturated carbocycles. The summed E-state index contributed by atoms with van der Waals surface area (Å²) in [5.74, 6) is -0.0620. The van der Waals surface area contributed by atoms with E-state index in [1.807, 2.05) is 32.9 Å². The molecule has 0 aromatic carbocycles. The van der Waals surface area contributed by atoms with E-state index in [2.05, 4.69) is 0 Å². The van der Waals surface area contributed by atoms with Gasteiger partial charge in [-0.25, -0.2) is 9.69 Å². The Morgan fingerprint density at radius 3 is 2.50 bits per heavy atom. The quantitative estimate of drug-likeness (QED) is 0.622. The Bertz CT molecular complexity index is 384. The molecule has 0 atom stereocenters. The topological polar surface area (TPSA) is 46.6 Å². The number of carbonyl (C=O) groups is 2. The Labute approximate surface area is 108 Å². The van der Waals surface area contributed by atoms with E-state index < -0.39 is 11.7 Å². The fourth-order valence-electron chi connectivity index (χ4n) is 2.64. The lowest BCUT2D eigenvalue weighted by Gasteiger charge is -2.38. The third-order valence-electron chi connectivity index (χ3n) is 3.53. The van der Waals surface area contributed by atoms with Crippen LogP contribution < -0.4 is 0 Å². The van der Waals surface area contributed by atoms with Gasteiger partial charge in [0.2, 0.25) is 5.91 Å². The first kappa shape index (κ1) is 13.1. The molecule has 100 valence electrons. The molecule has 1 spiro atoms. The third-order valence-corrected chi connectivity index (χ3v) is 3.53. The minimum absolute atomic E-state index is 0.0620. The van der Waals surface area contributed by atoms with Crippen molar-refractivity contribution in [3.8, 4) is 0 Å². The van der Waals surface area contributed by atoms with Gasteiger partial charge in [-0.1, -0.05) is 12.2 Å². The second kappa shape index (κ2) is 4.41. The SMILES string of the molecule is CC(C)(C)OC(=O)N1CCCC2(CC=CC2)C1=O. The van der Waals surface area contributed by atoms with Crippen LogP contribution in [-0.4, -0.2) is 29.0 Å². The number of allylic oxidation sites excluding steroid dienone is 2. The summed E-state index contributed by atoms with van der Waals surface area (Å²) in [6.07, 6.45) is 6.83. The maximum absolute atomic E-state index is 12.5. The lowest BCUT2D eigenvalue weighted by Crippen LogP contribution is -2.51. The van der Waals surface area contributed by atoms with E-state index in [4.69, 9.17) is 4.74 Å². The van der Waals surface area contributed by atoms with Gasteiger partial charge >= 0.3 is 6.09 Å². The highest BCUT2D eigenvalue weighted by Gasteiger charge is 2.46. The molecule has 1 aliphatic carbocycles. The largest absolute Gasteiger partial charge is 0.443 e. The summed E-state index contributed by atoms with van der Waals surface area (Å²) in [5, 5.41) is 0. The number of hydrogen-bond acceptors (Lipinski definition) is 3. The monoisotopic (exact) mass is 251 g/mol. The van der Waals surface area contributed by atoms with E-state index in [1.165, 1.54) is 4.90 Å². The van der Waals surface area contributed by atoms with Crippen molar-refractivity contribution >= 4 is 12.0 Å². The number of likely N-dealkylation sites (tertiary alicyclic amines) is 1. The summed E-state index contributed by atoms with van der Waals surface area (Å²) in [6, 6.07) is 0. The van der Waals surface area contributed by atoms with Gasteiger partial charge in [-0.2, -0.15) is 0 Å². The van der Waals surface area contributed by atoms with Crippen LogP contribution in [0.3, 0.4) is 0 Å². The number of hydrogen-bond donors (Lipinski definition) is 0. The summed E-state index contributed by atoms with van der Waals surface area (Å²) in [4.78, 5) is 25.8. The van der Waals surface area contributed by atoms with Crippen molar-refractivity contribution in [2.45, 2.75) is 52.1 Å². The van der Waals surface area contributed by atoms with Crippen LogP contribution in [0.25, 0.3) is 0 Å². The molecule has 1 saturated heterocycles. The molecule has 4 heteroatoms. The predicted molar refractivity (Wildman–Crippen MR) is 68.0 cm³/mol. The van der Waals surface area contributed by atoms with Gasteiger partial charge in [0, 0.05) is 6.54 Å². The number of piperidine rings is 1. The Balaban J connectivity index is 2.09. The molecule has 1 heterocycles. The Hall–Kier alpha value is -1.32. The molecule has 0 aromatic rings. The van der Waals surface area contributed by atoms with Gasteiger partial charge in [-0.15, -0.1) is 0 Å². The number of amides is 2. The van der Waals surface area contributed by atoms with Crippen molar-refractivity contribution in [1.29, 1.82) is 0 Å². The van der Waals surface area contributed by atoms with E-state index in [0.717, 1.165) is 25.7 Å². The number of imide groups is 1. The summed E-state index contributed by atoms with van der Waals surface area (Å²) >= 11 is 0. The molecule has 2 amide bonds. The summed E-state index contributed by atoms with van der Waals surface area (Å²) in [5.41, 5.74) is -0.926. The first-order chi connectivity index (χ1) is 8.34. The number of ether oxygens (including phenoxy) is 1. The van der Waals surface area contributed by atoms with Gasteiger partial charge in [-0.3, -0.25) is 4.79 Å². The number of carbonyl (C=O) groups excluding carboxylic acids is 2. The molecule has 2 aliphatic rings. The molecule has 0 N–H and O–H groups in total. The maximum Gasteiger partial charge on any atom is 0.417 e. The van der Waals surface area contributed by atoms with Crippen LogP contribution in [-0.2, 0) is 9.53 Å². The van der Waals surface area contributed by atoms with Crippen LogP contribution >= 0.6 is 0 Å². The number of rotatable bonds is 0. The zero-order chi connectivity index (χ0) is 13.4. The van der Waals surface area contributed by atoms with Gasteiger partial charge in [0.15, 0.2) is 0 Å². The zero-order valence-corrected chi connectivity index (χ0v) is 11.4. The highest BCUT2D eigenvalue weighted by molar-refractivity contribution is 5.96. The highest BCUT2D eigenvalue weighted by atomic mass is 16.6. The minimum atomic E-state index is -0.560. The van der Waals surface area contributed by atoms with Gasteiger partial charge in [0.05, 0.1) is 5.41 Å². The Kier molecular flexibility index (Phi) is 3.21. The van der Waals surface area contributed by atoms with Crippen LogP contribution in [0.2, 0.25) is 0 Å². The first-order valence-corrected chi connectivity index (χ1v) is 6.54. The standard InChI is InChI=1S/C14H21NO3/c1-13(2,3)18-12(17)15-10-6-9-14(11(15)16)7-4-5-8-14/h4-5H,6-10H2,1-3H3. The van der Waals surface area contributed by atoms with E-state index in [0.29, 0.717) is 6.54 Å². The average Bonchev–Trinajstić information content (AvgIpc) is 2.69. The second-order valence-electron chi connectivity index (χ2n) is 6.20. The van der Waals surface area contributed by atoms with Gasteiger partial charge in [-0.05, 0) is 46.5 Å². The fourth-order valence-corrected chi connectivity index (χ4v) is 2.64. The van der Waals surface area contributed by atoms with Crippen molar-refractivity contribution in [1.82, 2.24) is 4.90 Å². The molecular weight excluding hydrogens is 230 g/mol. The van der Waals surface area contributed by atoms with Gasteiger partial charge in [0.1, 0.15) is 5.60 Å². The van der Waals surface area contributed by atoms with Crippen molar-refractivity contribution < 1.29 is 14.3 Å². The van der Waals surface area contributed by atoms with Crippen LogP contribution in [0.15, 0.2) is 12.2 Å². The molecule has 0 unspecified atom stereocenters. The maximum atomic E-state index is 12.5. The van der Waals surface area contributed by atoms with Crippen molar-refractivity contribution in [2.75, 3.05) is 6.54 Å². The van der Waals surface area contributed by atoms with Crippen LogP contribution in [0.5, 0.6) is 0 Å². The average molecular weight is 251 g/mol. The van der Waals surface area contributed by atoms with E-state index in [1.54, 1.807) is 0 Å². The Morgan fingerprint density at radius 2 is 1.94 bits per heavy atom. The lowest BCUT2D eigenvalue weighted by molar-refractivity contribution is -0.144. The third kappa shape index (κ3) is 2.42. The van der Waals surface area contributed by atoms with E-state index in [-0.39, 0.29) is 11.3 Å². The normalized spacial score (nSPS) is 22.6. The molecule has 18 heavy (non-hydrogen) atoms. The molecule has 4 nitrogen and oxygen atoms in total. The zero-order valence-electron chi connectivity index (χ0n) is 11.4. The first-order valence-electron chi connectivity index (χ1n) is 6.54. The molecule has 0 radical (unpaired) electrons. The lowest BCUT2D eigenvalue weighted by atomic mass is 9.77. The van der Waals surface area contributed by atoms with Gasteiger partial charge < -0.3 is 4.74 Å². The van der Waals surface area contributed by atoms with Crippen LogP contribution in [0.4, 0.5) is 4.79 Å². The smallest absolute Gasteiger partial charge is 0.417 e. The summed E-state index contributed by atoms with van der Waals surface area (Å²) < 4.78 is 5.30. The summed E-state index contributed by atoms with van der Waals surface area (Å²) in [6.45, 7) is 5.92. The minimum Gasteiger partial charge on any atom is -0.443 e. The van der Waals surface area contributed by atoms with E-state index in [9.17, 15) is 9.59 Å². The molecule has 1 fully saturated rings. The second-order valence-corrected chi connectivity index (χ2v) is 6.20. The molecule has 0 bridgehead atoms. The fraction of sp³-hybridized carbons (Fsp3) is 0.714. The van der Waals surface area contributed by atoms with E-state index >= 15 is 0 Å². The molecule has 2 rings (SSSR count). The highest BCUT2D eigenvalue weighted by Crippen LogP contribution is 2.42. The Morgan fingerprint density at radius 1 is 1.33 bits per heavy atom. The van der Waals surface area contributed by atoms with Gasteiger partial charge in [0.25, 0.3) is 0 Å².